The maximum Gasteiger partial charge on any atom is 0.315 e. The molecule has 3 amide bonds. The first-order chi connectivity index (χ1) is 13.0. The van der Waals surface area contributed by atoms with Crippen molar-refractivity contribution in [3.05, 3.63) is 59.4 Å². The van der Waals surface area contributed by atoms with Gasteiger partial charge in [-0.25, -0.2) is 9.18 Å². The second-order valence-electron chi connectivity index (χ2n) is 6.10. The molecule has 1 heterocycles. The average molecular weight is 373 g/mol. The molecular formula is C19H20FN3O4. The molecule has 0 fully saturated rings. The number of likely N-dealkylation sites (N-methyl/N-ethyl adjacent to an activating group) is 1. The number of ether oxygens (including phenoxy) is 2. The van der Waals surface area contributed by atoms with Crippen molar-refractivity contribution in [1.29, 1.82) is 0 Å². The van der Waals surface area contributed by atoms with Crippen LogP contribution in [0.5, 0.6) is 11.5 Å². The molecule has 0 saturated carbocycles. The number of hydrogen-bond donors (Lipinski definition) is 2. The van der Waals surface area contributed by atoms with Crippen LogP contribution in [0.2, 0.25) is 0 Å². The Hall–Kier alpha value is -3.29. The number of amides is 3. The second-order valence-corrected chi connectivity index (χ2v) is 6.10. The van der Waals surface area contributed by atoms with Crippen molar-refractivity contribution >= 4 is 11.9 Å². The van der Waals surface area contributed by atoms with E-state index >= 15 is 0 Å². The highest BCUT2D eigenvalue weighted by atomic mass is 19.1. The lowest BCUT2D eigenvalue weighted by Gasteiger charge is -2.18. The summed E-state index contributed by atoms with van der Waals surface area (Å²) in [5.74, 6) is 0.780. The van der Waals surface area contributed by atoms with Gasteiger partial charge in [-0.2, -0.15) is 0 Å². The normalized spacial score (nSPS) is 11.8. The highest BCUT2D eigenvalue weighted by molar-refractivity contribution is 5.83. The van der Waals surface area contributed by atoms with Gasteiger partial charge in [-0.3, -0.25) is 4.79 Å². The quantitative estimate of drug-likeness (QED) is 0.812. The van der Waals surface area contributed by atoms with E-state index in [0.717, 1.165) is 11.1 Å². The van der Waals surface area contributed by atoms with Crippen LogP contribution >= 0.6 is 0 Å². The van der Waals surface area contributed by atoms with Gasteiger partial charge in [0.2, 0.25) is 12.7 Å². The Bertz CT molecular complexity index is 826. The van der Waals surface area contributed by atoms with Crippen LogP contribution in [0.15, 0.2) is 42.5 Å². The lowest BCUT2D eigenvalue weighted by atomic mass is 10.2. The van der Waals surface area contributed by atoms with Crippen molar-refractivity contribution in [1.82, 2.24) is 15.5 Å². The third kappa shape index (κ3) is 5.10. The fourth-order valence-electron chi connectivity index (χ4n) is 2.54. The maximum absolute atomic E-state index is 12.8. The average Bonchev–Trinajstić information content (AvgIpc) is 3.13. The molecule has 2 aromatic carbocycles. The summed E-state index contributed by atoms with van der Waals surface area (Å²) in [6.45, 7) is 0.697. The van der Waals surface area contributed by atoms with Crippen LogP contribution < -0.4 is 20.1 Å². The molecule has 0 unspecified atom stereocenters. The van der Waals surface area contributed by atoms with Gasteiger partial charge in [0.25, 0.3) is 0 Å². The number of carbonyl (C=O) groups is 2. The molecule has 1 aliphatic rings. The second kappa shape index (κ2) is 8.39. The van der Waals surface area contributed by atoms with Crippen LogP contribution in [0.25, 0.3) is 0 Å². The van der Waals surface area contributed by atoms with Crippen molar-refractivity contribution in [2.24, 2.45) is 0 Å². The number of urea groups is 1. The van der Waals surface area contributed by atoms with Crippen molar-refractivity contribution in [3.8, 4) is 11.5 Å². The maximum atomic E-state index is 12.8. The van der Waals surface area contributed by atoms with Gasteiger partial charge >= 0.3 is 6.03 Å². The third-order valence-corrected chi connectivity index (χ3v) is 4.05. The van der Waals surface area contributed by atoms with Gasteiger partial charge in [0.1, 0.15) is 5.82 Å². The molecule has 3 rings (SSSR count). The largest absolute Gasteiger partial charge is 0.454 e. The number of hydrogen-bond acceptors (Lipinski definition) is 4. The summed E-state index contributed by atoms with van der Waals surface area (Å²) in [6.07, 6.45) is 0. The van der Waals surface area contributed by atoms with Crippen molar-refractivity contribution in [3.63, 3.8) is 0 Å². The molecule has 0 aromatic heterocycles. The first-order valence-electron chi connectivity index (χ1n) is 8.40. The van der Waals surface area contributed by atoms with Gasteiger partial charge in [0.15, 0.2) is 11.5 Å². The highest BCUT2D eigenvalue weighted by Gasteiger charge is 2.15. The van der Waals surface area contributed by atoms with Gasteiger partial charge in [0.05, 0.1) is 6.54 Å². The van der Waals surface area contributed by atoms with E-state index in [0.29, 0.717) is 18.0 Å². The number of carbonyl (C=O) groups excluding carboxylic acids is 2. The Morgan fingerprint density at radius 3 is 2.52 bits per heavy atom. The minimum atomic E-state index is -0.468. The fourth-order valence-corrected chi connectivity index (χ4v) is 2.54. The molecule has 2 aromatic rings. The number of fused-ring (bicyclic) bond motifs is 1. The molecule has 8 heteroatoms. The molecule has 0 saturated heterocycles. The third-order valence-electron chi connectivity index (χ3n) is 4.05. The molecule has 7 nitrogen and oxygen atoms in total. The molecule has 2 N–H and O–H groups in total. The minimum absolute atomic E-state index is 0.129. The summed E-state index contributed by atoms with van der Waals surface area (Å²) in [5, 5.41) is 5.13. The Morgan fingerprint density at radius 1 is 1.04 bits per heavy atom. The topological polar surface area (TPSA) is 79.9 Å². The number of nitrogens with one attached hydrogen (secondary N) is 2. The van der Waals surface area contributed by atoms with Crippen LogP contribution in [-0.4, -0.2) is 37.2 Å². The van der Waals surface area contributed by atoms with Crippen LogP contribution in [0.3, 0.4) is 0 Å². The standard InChI is InChI=1S/C19H20FN3O4/c1-23(11-14-4-7-16-17(8-14)27-12-26-16)18(24)10-22-19(25)21-9-13-2-5-15(20)6-3-13/h2-8H,9-12H2,1H3,(H2,21,22,25). The van der Waals surface area contributed by atoms with E-state index < -0.39 is 6.03 Å². The van der Waals surface area contributed by atoms with E-state index in [1.807, 2.05) is 12.1 Å². The monoisotopic (exact) mass is 373 g/mol. The van der Waals surface area contributed by atoms with E-state index in [1.54, 1.807) is 25.2 Å². The lowest BCUT2D eigenvalue weighted by molar-refractivity contribution is -0.129. The van der Waals surface area contributed by atoms with Crippen LogP contribution in [0, 0.1) is 5.82 Å². The van der Waals surface area contributed by atoms with Gasteiger partial charge in [0, 0.05) is 20.1 Å². The van der Waals surface area contributed by atoms with E-state index in [-0.39, 0.29) is 31.6 Å². The summed E-state index contributed by atoms with van der Waals surface area (Å²) in [6, 6.07) is 10.8. The van der Waals surface area contributed by atoms with Crippen LogP contribution in [0.4, 0.5) is 9.18 Å². The van der Waals surface area contributed by atoms with E-state index in [4.69, 9.17) is 9.47 Å². The summed E-state index contributed by atoms with van der Waals surface area (Å²) < 4.78 is 23.4. The van der Waals surface area contributed by atoms with Gasteiger partial charge in [-0.05, 0) is 35.4 Å². The number of benzene rings is 2. The zero-order chi connectivity index (χ0) is 19.2. The molecule has 0 bridgehead atoms. The summed E-state index contributed by atoms with van der Waals surface area (Å²) >= 11 is 0. The minimum Gasteiger partial charge on any atom is -0.454 e. The first kappa shape index (κ1) is 18.5. The summed E-state index contributed by atoms with van der Waals surface area (Å²) in [5.41, 5.74) is 1.66. The molecule has 0 aliphatic carbocycles. The summed E-state index contributed by atoms with van der Waals surface area (Å²) in [4.78, 5) is 25.5. The predicted octanol–water partition coefficient (Wildman–Crippen LogP) is 2.01. The Morgan fingerprint density at radius 2 is 1.74 bits per heavy atom. The number of nitrogens with zero attached hydrogens (tertiary/aromatic N) is 1. The smallest absolute Gasteiger partial charge is 0.315 e. The Balaban J connectivity index is 1.41. The number of halogens is 1. The Labute approximate surface area is 156 Å². The molecule has 0 radical (unpaired) electrons. The zero-order valence-corrected chi connectivity index (χ0v) is 14.8. The van der Waals surface area contributed by atoms with Crippen molar-refractivity contribution < 1.29 is 23.5 Å². The molecule has 0 atom stereocenters. The van der Waals surface area contributed by atoms with Crippen LogP contribution in [-0.2, 0) is 17.9 Å². The lowest BCUT2D eigenvalue weighted by Crippen LogP contribution is -2.42. The van der Waals surface area contributed by atoms with Crippen molar-refractivity contribution in [2.75, 3.05) is 20.4 Å². The number of rotatable bonds is 6. The fraction of sp³-hybridized carbons (Fsp3) is 0.263. The molecule has 27 heavy (non-hydrogen) atoms. The van der Waals surface area contributed by atoms with Crippen molar-refractivity contribution in [2.45, 2.75) is 13.1 Å². The Kier molecular flexibility index (Phi) is 5.75. The summed E-state index contributed by atoms with van der Waals surface area (Å²) in [7, 11) is 1.66. The zero-order valence-electron chi connectivity index (χ0n) is 14.8. The molecule has 142 valence electrons. The SMILES string of the molecule is CN(Cc1ccc2c(c1)OCO2)C(=O)CNC(=O)NCc1ccc(F)cc1. The molecular weight excluding hydrogens is 353 g/mol. The van der Waals surface area contributed by atoms with Gasteiger partial charge in [-0.1, -0.05) is 18.2 Å². The van der Waals surface area contributed by atoms with E-state index in [9.17, 15) is 14.0 Å². The van der Waals surface area contributed by atoms with Gasteiger partial charge in [-0.15, -0.1) is 0 Å². The molecule has 1 aliphatic heterocycles. The first-order valence-corrected chi connectivity index (χ1v) is 8.40. The van der Waals surface area contributed by atoms with E-state index in [2.05, 4.69) is 10.6 Å². The van der Waals surface area contributed by atoms with Crippen LogP contribution in [0.1, 0.15) is 11.1 Å². The van der Waals surface area contributed by atoms with Gasteiger partial charge < -0.3 is 25.0 Å². The highest BCUT2D eigenvalue weighted by Crippen LogP contribution is 2.32. The van der Waals surface area contributed by atoms with E-state index in [1.165, 1.54) is 17.0 Å². The molecule has 0 spiro atoms. The predicted molar refractivity (Wildman–Crippen MR) is 95.7 cm³/mol.